The lowest BCUT2D eigenvalue weighted by Crippen LogP contribution is -2.32. The van der Waals surface area contributed by atoms with Crippen LogP contribution in [0.1, 0.15) is 41.3 Å². The van der Waals surface area contributed by atoms with E-state index in [0.29, 0.717) is 10.8 Å². The molecule has 204 valence electrons. The zero-order valence-corrected chi connectivity index (χ0v) is 23.6. The van der Waals surface area contributed by atoms with Crippen molar-refractivity contribution in [2.45, 2.75) is 39.6 Å². The Hall–Kier alpha value is -3.87. The fourth-order valence-corrected chi connectivity index (χ4v) is 5.83. The molecule has 0 bridgehead atoms. The van der Waals surface area contributed by atoms with E-state index in [2.05, 4.69) is 20.6 Å². The molecule has 4 aromatic rings. The van der Waals surface area contributed by atoms with Crippen molar-refractivity contribution in [2.24, 2.45) is 0 Å². The Morgan fingerprint density at radius 1 is 1.03 bits per heavy atom. The quantitative estimate of drug-likeness (QED) is 0.280. The van der Waals surface area contributed by atoms with Gasteiger partial charge in [-0.2, -0.15) is 0 Å². The van der Waals surface area contributed by atoms with E-state index < -0.39 is 33.7 Å². The van der Waals surface area contributed by atoms with Gasteiger partial charge in [-0.3, -0.25) is 14.6 Å². The highest BCUT2D eigenvalue weighted by molar-refractivity contribution is 7.90. The van der Waals surface area contributed by atoms with Crippen LogP contribution in [0.3, 0.4) is 0 Å². The molecular formula is C27H29N5O5S2. The van der Waals surface area contributed by atoms with Gasteiger partial charge < -0.3 is 15.7 Å². The van der Waals surface area contributed by atoms with E-state index in [9.17, 15) is 23.1 Å². The lowest BCUT2D eigenvalue weighted by atomic mass is 10.0. The summed E-state index contributed by atoms with van der Waals surface area (Å²) in [6, 6.07) is 13.3. The first-order valence-corrected chi connectivity index (χ1v) is 14.5. The first kappa shape index (κ1) is 28.1. The van der Waals surface area contributed by atoms with Crippen molar-refractivity contribution in [2.75, 3.05) is 11.9 Å². The molecule has 3 aromatic heterocycles. The minimum Gasteiger partial charge on any atom is -0.390 e. The molecular weight excluding hydrogens is 538 g/mol. The van der Waals surface area contributed by atoms with Gasteiger partial charge in [0.1, 0.15) is 0 Å². The standard InChI is InChI=1S/C27H29N5O5S2/c1-16(2)39(36,37)32-13-22(11-23(32)14-33)26(35)28-12-25(34)31-27-30-24(15-38-27)20-7-5-6-19(10-20)21-8-17(3)29-18(4)9-21/h5-11,13,15-16,33H,12,14H2,1-4H3,(H,28,35)(H,30,31,34). The number of amides is 2. The molecule has 0 radical (unpaired) electrons. The fraction of sp³-hybridized carbons (Fsp3) is 0.259. The van der Waals surface area contributed by atoms with Crippen molar-refractivity contribution < 1.29 is 23.1 Å². The Kier molecular flexibility index (Phi) is 8.28. The molecule has 10 nitrogen and oxygen atoms in total. The number of aliphatic hydroxyl groups is 1. The topological polar surface area (TPSA) is 143 Å². The molecule has 0 fully saturated rings. The van der Waals surface area contributed by atoms with Gasteiger partial charge in [0, 0.05) is 28.5 Å². The molecule has 0 aliphatic rings. The summed E-state index contributed by atoms with van der Waals surface area (Å²) in [7, 11) is -3.76. The van der Waals surface area contributed by atoms with Gasteiger partial charge in [-0.05, 0) is 63.1 Å². The van der Waals surface area contributed by atoms with Crippen LogP contribution in [0.4, 0.5) is 5.13 Å². The summed E-state index contributed by atoms with van der Waals surface area (Å²) in [5, 5.41) is 16.1. The summed E-state index contributed by atoms with van der Waals surface area (Å²) in [6.45, 7) is 6.01. The molecule has 3 heterocycles. The Balaban J connectivity index is 1.40. The first-order valence-electron chi connectivity index (χ1n) is 12.1. The van der Waals surface area contributed by atoms with Gasteiger partial charge in [0.05, 0.1) is 35.4 Å². The third kappa shape index (κ3) is 6.41. The van der Waals surface area contributed by atoms with Gasteiger partial charge in [-0.15, -0.1) is 11.3 Å². The minimum atomic E-state index is -3.76. The monoisotopic (exact) mass is 567 g/mol. The van der Waals surface area contributed by atoms with Crippen molar-refractivity contribution >= 4 is 38.3 Å². The summed E-state index contributed by atoms with van der Waals surface area (Å²) < 4.78 is 25.9. The summed E-state index contributed by atoms with van der Waals surface area (Å²) in [5.74, 6) is -1.13. The maximum Gasteiger partial charge on any atom is 0.253 e. The highest BCUT2D eigenvalue weighted by Gasteiger charge is 2.24. The van der Waals surface area contributed by atoms with Crippen molar-refractivity contribution in [3.8, 4) is 22.4 Å². The van der Waals surface area contributed by atoms with Crippen LogP contribution in [0.5, 0.6) is 0 Å². The summed E-state index contributed by atoms with van der Waals surface area (Å²) >= 11 is 1.26. The SMILES string of the molecule is Cc1cc(-c2cccc(-c3csc(NC(=O)CNC(=O)c4cc(CO)n(S(=O)(=O)C(C)C)c4)n3)c2)cc(C)n1. The van der Waals surface area contributed by atoms with E-state index in [4.69, 9.17) is 0 Å². The molecule has 0 unspecified atom stereocenters. The minimum absolute atomic E-state index is 0.0204. The third-order valence-electron chi connectivity index (χ3n) is 5.89. The molecule has 4 rings (SSSR count). The highest BCUT2D eigenvalue weighted by Crippen LogP contribution is 2.29. The van der Waals surface area contributed by atoms with Crippen LogP contribution in [0, 0.1) is 13.8 Å². The van der Waals surface area contributed by atoms with E-state index in [0.717, 1.165) is 38.2 Å². The number of thiazole rings is 1. The number of nitrogens with zero attached hydrogens (tertiary/aromatic N) is 3. The number of carbonyl (C=O) groups excluding carboxylic acids is 2. The van der Waals surface area contributed by atoms with Crippen molar-refractivity contribution in [3.63, 3.8) is 0 Å². The number of nitrogens with one attached hydrogen (secondary N) is 2. The lowest BCUT2D eigenvalue weighted by molar-refractivity contribution is -0.115. The average Bonchev–Trinajstić information content (AvgIpc) is 3.54. The van der Waals surface area contributed by atoms with Gasteiger partial charge in [0.2, 0.25) is 15.9 Å². The lowest BCUT2D eigenvalue weighted by Gasteiger charge is -2.11. The molecule has 0 saturated heterocycles. The number of pyridine rings is 1. The average molecular weight is 568 g/mol. The van der Waals surface area contributed by atoms with Gasteiger partial charge >= 0.3 is 0 Å². The third-order valence-corrected chi connectivity index (χ3v) is 8.73. The second kappa shape index (κ2) is 11.5. The predicted octanol–water partition coefficient (Wildman–Crippen LogP) is 3.74. The number of hydrogen-bond acceptors (Lipinski definition) is 8. The van der Waals surface area contributed by atoms with E-state index in [1.807, 2.05) is 55.6 Å². The highest BCUT2D eigenvalue weighted by atomic mass is 32.2. The Morgan fingerprint density at radius 3 is 2.38 bits per heavy atom. The maximum absolute atomic E-state index is 12.6. The smallest absolute Gasteiger partial charge is 0.253 e. The zero-order valence-electron chi connectivity index (χ0n) is 21.9. The van der Waals surface area contributed by atoms with Crippen LogP contribution in [0.15, 0.2) is 54.0 Å². The number of aromatic nitrogens is 3. The Labute approximate surface area is 230 Å². The number of carbonyl (C=O) groups is 2. The van der Waals surface area contributed by atoms with E-state index in [-0.39, 0.29) is 17.8 Å². The Bertz CT molecular complexity index is 1620. The number of anilines is 1. The van der Waals surface area contributed by atoms with Crippen molar-refractivity contribution in [1.29, 1.82) is 0 Å². The van der Waals surface area contributed by atoms with E-state index in [1.54, 1.807) is 0 Å². The largest absolute Gasteiger partial charge is 0.390 e. The second-order valence-corrected chi connectivity index (χ2v) is 12.5. The number of aliphatic hydroxyl groups excluding tert-OH is 1. The van der Waals surface area contributed by atoms with E-state index >= 15 is 0 Å². The molecule has 2 amide bonds. The first-order chi connectivity index (χ1) is 18.5. The molecule has 1 aromatic carbocycles. The summed E-state index contributed by atoms with van der Waals surface area (Å²) in [6.07, 6.45) is 1.14. The molecule has 0 aliphatic carbocycles. The predicted molar refractivity (Wildman–Crippen MR) is 151 cm³/mol. The molecule has 0 spiro atoms. The molecule has 3 N–H and O–H groups in total. The maximum atomic E-state index is 12.6. The molecule has 0 aliphatic heterocycles. The number of benzene rings is 1. The summed E-state index contributed by atoms with van der Waals surface area (Å²) in [5.41, 5.74) is 5.64. The molecule has 39 heavy (non-hydrogen) atoms. The van der Waals surface area contributed by atoms with E-state index in [1.165, 1.54) is 31.3 Å². The molecule has 0 atom stereocenters. The van der Waals surface area contributed by atoms with Crippen molar-refractivity contribution in [1.82, 2.24) is 19.3 Å². The molecule has 0 saturated carbocycles. The Morgan fingerprint density at radius 2 is 1.72 bits per heavy atom. The van der Waals surface area contributed by atoms with Crippen LogP contribution in [-0.2, 0) is 21.4 Å². The fourth-order valence-electron chi connectivity index (χ4n) is 3.94. The second-order valence-electron chi connectivity index (χ2n) is 9.26. The van der Waals surface area contributed by atoms with Gasteiger partial charge in [-0.25, -0.2) is 17.4 Å². The van der Waals surface area contributed by atoms with Crippen LogP contribution in [-0.4, -0.2) is 51.1 Å². The number of aryl methyl sites for hydroxylation is 2. The van der Waals surface area contributed by atoms with Crippen LogP contribution in [0.2, 0.25) is 0 Å². The summed E-state index contributed by atoms with van der Waals surface area (Å²) in [4.78, 5) is 34.0. The van der Waals surface area contributed by atoms with Crippen LogP contribution in [0.25, 0.3) is 22.4 Å². The van der Waals surface area contributed by atoms with Crippen LogP contribution < -0.4 is 10.6 Å². The van der Waals surface area contributed by atoms with Crippen molar-refractivity contribution in [3.05, 3.63) is 76.7 Å². The number of rotatable bonds is 9. The van der Waals surface area contributed by atoms with Gasteiger partial charge in [-0.1, -0.05) is 18.2 Å². The normalized spacial score (nSPS) is 11.5. The number of hydrogen-bond donors (Lipinski definition) is 3. The van der Waals surface area contributed by atoms with Gasteiger partial charge in [0.15, 0.2) is 5.13 Å². The molecule has 12 heteroatoms. The van der Waals surface area contributed by atoms with Gasteiger partial charge in [0.25, 0.3) is 5.91 Å². The van der Waals surface area contributed by atoms with Crippen LogP contribution >= 0.6 is 11.3 Å². The zero-order chi connectivity index (χ0) is 28.3.